The fraction of sp³-hybridized carbons (Fsp3) is 0.417. The summed E-state index contributed by atoms with van der Waals surface area (Å²) >= 11 is 0. The second-order valence-electron chi connectivity index (χ2n) is 8.07. The predicted molar refractivity (Wildman–Crippen MR) is 118 cm³/mol. The number of hydrogen-bond donors (Lipinski definition) is 1. The number of nitrogens with zero attached hydrogens (tertiary/aromatic N) is 4. The molecule has 1 aliphatic heterocycles. The second-order valence-corrected chi connectivity index (χ2v) is 8.07. The van der Waals surface area contributed by atoms with Crippen LogP contribution in [0.3, 0.4) is 0 Å². The molecule has 2 heterocycles. The molecule has 2 aliphatic rings. The lowest BCUT2D eigenvalue weighted by Gasteiger charge is -2.27. The van der Waals surface area contributed by atoms with Crippen LogP contribution in [0, 0.1) is 24.2 Å². The molecule has 0 unspecified atom stereocenters. The molecule has 1 aromatic carbocycles. The summed E-state index contributed by atoms with van der Waals surface area (Å²) in [5.74, 6) is 0.628. The van der Waals surface area contributed by atoms with Gasteiger partial charge in [-0.3, -0.25) is 0 Å². The number of hydrazone groups is 1. The van der Waals surface area contributed by atoms with Gasteiger partial charge in [0.1, 0.15) is 23.2 Å². The molecule has 160 valence electrons. The van der Waals surface area contributed by atoms with E-state index >= 15 is 0 Å². The Bertz CT molecular complexity index is 1070. The molecule has 0 radical (unpaired) electrons. The van der Waals surface area contributed by atoms with Crippen LogP contribution in [0.5, 0.6) is 5.75 Å². The van der Waals surface area contributed by atoms with Crippen LogP contribution >= 0.6 is 0 Å². The number of ether oxygens (including phenoxy) is 1. The number of aromatic nitrogens is 1. The predicted octanol–water partition coefficient (Wildman–Crippen LogP) is 4.53. The average molecular weight is 418 g/mol. The third-order valence-electron chi connectivity index (χ3n) is 6.16. The van der Waals surface area contributed by atoms with Crippen LogP contribution in [0.25, 0.3) is 0 Å². The van der Waals surface area contributed by atoms with Crippen molar-refractivity contribution in [1.82, 2.24) is 4.98 Å². The van der Waals surface area contributed by atoms with E-state index in [9.17, 15) is 15.2 Å². The Morgan fingerprint density at radius 2 is 2.06 bits per heavy atom. The minimum Gasteiger partial charge on any atom is -0.493 e. The molecule has 1 fully saturated rings. The van der Waals surface area contributed by atoms with E-state index in [-0.39, 0.29) is 11.6 Å². The molecule has 1 atom stereocenters. The van der Waals surface area contributed by atoms with Gasteiger partial charge in [0.05, 0.1) is 29.6 Å². The van der Waals surface area contributed by atoms with Crippen LogP contribution in [-0.2, 0) is 0 Å². The average Bonchev–Trinajstić information content (AvgIpc) is 3.43. The number of anilines is 1. The summed E-state index contributed by atoms with van der Waals surface area (Å²) in [6.45, 7) is 4.07. The summed E-state index contributed by atoms with van der Waals surface area (Å²) in [4.78, 5) is 16.2. The van der Waals surface area contributed by atoms with E-state index in [1.165, 1.54) is 25.7 Å². The van der Waals surface area contributed by atoms with E-state index in [0.29, 0.717) is 29.5 Å². The molecular weight excluding hydrogens is 392 g/mol. The third-order valence-corrected chi connectivity index (χ3v) is 6.16. The maximum atomic E-state index is 11.5. The first-order chi connectivity index (χ1) is 15.0. The molecule has 7 nitrogen and oxygen atoms in total. The summed E-state index contributed by atoms with van der Waals surface area (Å²) in [5.41, 5.74) is 3.18. The molecule has 7 heteroatoms. The van der Waals surface area contributed by atoms with Gasteiger partial charge >= 0.3 is 5.97 Å². The van der Waals surface area contributed by atoms with Crippen LogP contribution < -0.4 is 9.75 Å². The Balaban J connectivity index is 1.72. The minimum atomic E-state index is -1.01. The van der Waals surface area contributed by atoms with Crippen LogP contribution in [0.1, 0.15) is 66.2 Å². The zero-order chi connectivity index (χ0) is 22.0. The zero-order valence-corrected chi connectivity index (χ0v) is 17.8. The summed E-state index contributed by atoms with van der Waals surface area (Å²) in [5, 5.41) is 25.6. The van der Waals surface area contributed by atoms with E-state index in [0.717, 1.165) is 23.5 Å². The molecule has 1 N–H and O–H groups in total. The fourth-order valence-corrected chi connectivity index (χ4v) is 4.58. The van der Waals surface area contributed by atoms with Crippen molar-refractivity contribution in [2.24, 2.45) is 11.0 Å². The van der Waals surface area contributed by atoms with E-state index < -0.39 is 5.97 Å². The maximum Gasteiger partial charge on any atom is 0.339 e. The highest BCUT2D eigenvalue weighted by molar-refractivity contribution is 6.04. The fourth-order valence-electron chi connectivity index (χ4n) is 4.58. The SMILES string of the molecule is CCOc1cc(C2=NN(c3ccc(C#N)c(C)n3)[C@@H](C3CCCC3)C2)ccc1C(=O)O. The monoisotopic (exact) mass is 418 g/mol. The van der Waals surface area contributed by atoms with Gasteiger partial charge in [-0.1, -0.05) is 18.9 Å². The van der Waals surface area contributed by atoms with Crippen molar-refractivity contribution in [1.29, 1.82) is 5.26 Å². The first kappa shape index (κ1) is 20.9. The van der Waals surface area contributed by atoms with Crippen LogP contribution in [0.2, 0.25) is 0 Å². The van der Waals surface area contributed by atoms with Crippen LogP contribution in [-0.4, -0.2) is 34.4 Å². The highest BCUT2D eigenvalue weighted by Gasteiger charge is 2.37. The Kier molecular flexibility index (Phi) is 5.90. The number of carbonyl (C=O) groups is 1. The summed E-state index contributed by atoms with van der Waals surface area (Å²) in [7, 11) is 0. The van der Waals surface area contributed by atoms with Crippen molar-refractivity contribution >= 4 is 17.5 Å². The number of hydrogen-bond acceptors (Lipinski definition) is 6. The second kappa shape index (κ2) is 8.76. The van der Waals surface area contributed by atoms with Gasteiger partial charge in [0, 0.05) is 12.0 Å². The van der Waals surface area contributed by atoms with Crippen molar-refractivity contribution in [2.75, 3.05) is 11.6 Å². The summed E-state index contributed by atoms with van der Waals surface area (Å²) in [6, 6.07) is 11.2. The van der Waals surface area contributed by atoms with Gasteiger partial charge in [-0.2, -0.15) is 10.4 Å². The van der Waals surface area contributed by atoms with E-state index in [2.05, 4.69) is 11.1 Å². The highest BCUT2D eigenvalue weighted by Crippen LogP contribution is 2.38. The smallest absolute Gasteiger partial charge is 0.339 e. The normalized spacial score (nSPS) is 18.7. The van der Waals surface area contributed by atoms with Gasteiger partial charge in [0.25, 0.3) is 0 Å². The Hall–Kier alpha value is -3.40. The molecule has 0 spiro atoms. The highest BCUT2D eigenvalue weighted by atomic mass is 16.5. The lowest BCUT2D eigenvalue weighted by atomic mass is 9.92. The van der Waals surface area contributed by atoms with Crippen LogP contribution in [0.15, 0.2) is 35.4 Å². The van der Waals surface area contributed by atoms with Gasteiger partial charge in [0.2, 0.25) is 0 Å². The third kappa shape index (κ3) is 4.11. The Labute approximate surface area is 182 Å². The summed E-state index contributed by atoms with van der Waals surface area (Å²) in [6.07, 6.45) is 5.56. The van der Waals surface area contributed by atoms with E-state index in [1.807, 2.05) is 24.9 Å². The van der Waals surface area contributed by atoms with E-state index in [4.69, 9.17) is 9.84 Å². The first-order valence-corrected chi connectivity index (χ1v) is 10.8. The van der Waals surface area contributed by atoms with Gasteiger partial charge in [-0.05, 0) is 56.9 Å². The molecule has 1 aromatic heterocycles. The maximum absolute atomic E-state index is 11.5. The van der Waals surface area contributed by atoms with Crippen molar-refractivity contribution in [3.8, 4) is 11.8 Å². The van der Waals surface area contributed by atoms with Gasteiger partial charge < -0.3 is 9.84 Å². The van der Waals surface area contributed by atoms with Crippen molar-refractivity contribution in [2.45, 2.75) is 52.0 Å². The quantitative estimate of drug-likeness (QED) is 0.740. The molecular formula is C24H26N4O3. The zero-order valence-electron chi connectivity index (χ0n) is 17.8. The van der Waals surface area contributed by atoms with Gasteiger partial charge in [-0.15, -0.1) is 0 Å². The van der Waals surface area contributed by atoms with Crippen molar-refractivity contribution in [3.05, 3.63) is 52.7 Å². The molecule has 31 heavy (non-hydrogen) atoms. The first-order valence-electron chi connectivity index (χ1n) is 10.8. The number of aromatic carboxylic acids is 1. The molecule has 1 saturated carbocycles. The largest absolute Gasteiger partial charge is 0.493 e. The number of carboxylic acid groups (broad SMARTS) is 1. The lowest BCUT2D eigenvalue weighted by molar-refractivity contribution is 0.0692. The molecule has 2 aromatic rings. The number of rotatable bonds is 6. The molecule has 0 saturated heterocycles. The number of nitriles is 1. The number of pyridine rings is 1. The standard InChI is InChI=1S/C24H26N4O3/c1-3-31-22-12-17(8-10-19(22)24(29)30)20-13-21(16-6-4-5-7-16)28(27-20)23-11-9-18(14-25)15(2)26-23/h8-12,16,21H,3-7,13H2,1-2H3,(H,29,30)/t21-/m1/s1. The van der Waals surface area contributed by atoms with E-state index in [1.54, 1.807) is 24.3 Å². The molecule has 4 rings (SSSR count). The summed E-state index contributed by atoms with van der Waals surface area (Å²) < 4.78 is 5.59. The number of benzene rings is 1. The lowest BCUT2D eigenvalue weighted by Crippen LogP contribution is -2.33. The van der Waals surface area contributed by atoms with Crippen molar-refractivity contribution < 1.29 is 14.6 Å². The number of aryl methyl sites for hydroxylation is 1. The van der Waals surface area contributed by atoms with Gasteiger partial charge in [0.15, 0.2) is 0 Å². The Morgan fingerprint density at radius 3 is 2.71 bits per heavy atom. The molecule has 0 amide bonds. The number of carboxylic acids is 1. The van der Waals surface area contributed by atoms with Gasteiger partial charge in [-0.25, -0.2) is 14.8 Å². The minimum absolute atomic E-state index is 0.151. The topological polar surface area (TPSA) is 98.8 Å². The van der Waals surface area contributed by atoms with Crippen LogP contribution in [0.4, 0.5) is 5.82 Å². The molecule has 1 aliphatic carbocycles. The molecule has 0 bridgehead atoms. The van der Waals surface area contributed by atoms with Crippen molar-refractivity contribution in [3.63, 3.8) is 0 Å². The Morgan fingerprint density at radius 1 is 1.29 bits per heavy atom.